The van der Waals surface area contributed by atoms with Gasteiger partial charge in [0.15, 0.2) is 11.5 Å². The summed E-state index contributed by atoms with van der Waals surface area (Å²) in [6, 6.07) is 4.70. The third-order valence-corrected chi connectivity index (χ3v) is 3.81. The van der Waals surface area contributed by atoms with E-state index in [-0.39, 0.29) is 17.2 Å². The lowest BCUT2D eigenvalue weighted by molar-refractivity contribution is 0.0820. The molecule has 18 heavy (non-hydrogen) atoms. The number of amides is 1. The third-order valence-electron chi connectivity index (χ3n) is 3.81. The summed E-state index contributed by atoms with van der Waals surface area (Å²) < 4.78 is 4.95. The second-order valence-electron chi connectivity index (χ2n) is 4.83. The first-order chi connectivity index (χ1) is 8.60. The van der Waals surface area contributed by atoms with Crippen LogP contribution in [0.3, 0.4) is 0 Å². The molecule has 1 aromatic carbocycles. The van der Waals surface area contributed by atoms with Crippen LogP contribution < -0.4 is 10.1 Å². The predicted octanol–water partition coefficient (Wildman–Crippen LogP) is 2.46. The molecule has 1 aromatic rings. The van der Waals surface area contributed by atoms with Gasteiger partial charge in [0.2, 0.25) is 0 Å². The highest BCUT2D eigenvalue weighted by Crippen LogP contribution is 2.35. The van der Waals surface area contributed by atoms with E-state index in [0.29, 0.717) is 11.3 Å². The fourth-order valence-corrected chi connectivity index (χ4v) is 2.31. The van der Waals surface area contributed by atoms with E-state index in [9.17, 15) is 9.90 Å². The van der Waals surface area contributed by atoms with Crippen molar-refractivity contribution in [3.63, 3.8) is 0 Å². The quantitative estimate of drug-likeness (QED) is 0.861. The first-order valence-electron chi connectivity index (χ1n) is 6.30. The van der Waals surface area contributed by atoms with Gasteiger partial charge in [-0.05, 0) is 43.9 Å². The Morgan fingerprint density at radius 1 is 1.50 bits per heavy atom. The molecule has 2 rings (SSSR count). The van der Waals surface area contributed by atoms with Gasteiger partial charge in [-0.1, -0.05) is 6.92 Å². The van der Waals surface area contributed by atoms with Crippen molar-refractivity contribution in [1.29, 1.82) is 0 Å². The molecule has 0 unspecified atom stereocenters. The van der Waals surface area contributed by atoms with Gasteiger partial charge in [-0.3, -0.25) is 4.79 Å². The monoisotopic (exact) mass is 249 g/mol. The molecular weight excluding hydrogens is 230 g/mol. The van der Waals surface area contributed by atoms with Crippen molar-refractivity contribution in [2.45, 2.75) is 38.1 Å². The molecule has 1 aliphatic rings. The van der Waals surface area contributed by atoms with Crippen LogP contribution in [0.1, 0.15) is 43.0 Å². The van der Waals surface area contributed by atoms with Gasteiger partial charge in [0, 0.05) is 11.1 Å². The number of benzene rings is 1. The normalized spacial score (nSPS) is 16.8. The minimum Gasteiger partial charge on any atom is -0.504 e. The molecule has 1 saturated carbocycles. The minimum atomic E-state index is -0.130. The van der Waals surface area contributed by atoms with Crippen LogP contribution in [0, 0.1) is 0 Å². The largest absolute Gasteiger partial charge is 0.504 e. The molecule has 0 aliphatic heterocycles. The number of rotatable bonds is 4. The number of methoxy groups -OCH3 is 1. The van der Waals surface area contributed by atoms with Crippen LogP contribution in [-0.4, -0.2) is 23.7 Å². The number of nitrogens with one attached hydrogen (secondary N) is 1. The van der Waals surface area contributed by atoms with E-state index >= 15 is 0 Å². The highest BCUT2D eigenvalue weighted by atomic mass is 16.5. The summed E-state index contributed by atoms with van der Waals surface area (Å²) in [5.41, 5.74) is 0.431. The number of carbonyl (C=O) groups is 1. The molecule has 0 spiro atoms. The number of carbonyl (C=O) groups excluding carboxylic acids is 1. The predicted molar refractivity (Wildman–Crippen MR) is 69.0 cm³/mol. The number of hydrogen-bond donors (Lipinski definition) is 2. The maximum Gasteiger partial charge on any atom is 0.251 e. The topological polar surface area (TPSA) is 58.6 Å². The van der Waals surface area contributed by atoms with Crippen LogP contribution >= 0.6 is 0 Å². The number of hydrogen-bond acceptors (Lipinski definition) is 3. The van der Waals surface area contributed by atoms with E-state index in [4.69, 9.17) is 4.74 Å². The van der Waals surface area contributed by atoms with Gasteiger partial charge in [0.1, 0.15) is 0 Å². The second-order valence-corrected chi connectivity index (χ2v) is 4.83. The summed E-state index contributed by atoms with van der Waals surface area (Å²) in [6.45, 7) is 2.09. The van der Waals surface area contributed by atoms with Crippen LogP contribution in [0.15, 0.2) is 18.2 Å². The average molecular weight is 249 g/mol. The van der Waals surface area contributed by atoms with Gasteiger partial charge >= 0.3 is 0 Å². The Morgan fingerprint density at radius 2 is 2.22 bits per heavy atom. The van der Waals surface area contributed by atoms with Crippen molar-refractivity contribution in [2.75, 3.05) is 7.11 Å². The zero-order chi connectivity index (χ0) is 13.2. The molecule has 0 atom stereocenters. The van der Waals surface area contributed by atoms with Crippen LogP contribution in [0.25, 0.3) is 0 Å². The Balaban J connectivity index is 2.11. The number of phenolic OH excluding ortho intramolecular Hbond substituents is 1. The smallest absolute Gasteiger partial charge is 0.251 e. The van der Waals surface area contributed by atoms with E-state index in [1.807, 2.05) is 0 Å². The molecule has 4 nitrogen and oxygen atoms in total. The Hall–Kier alpha value is -1.71. The highest BCUT2D eigenvalue weighted by Gasteiger charge is 2.36. The van der Waals surface area contributed by atoms with E-state index in [2.05, 4.69) is 12.2 Å². The van der Waals surface area contributed by atoms with Crippen molar-refractivity contribution < 1.29 is 14.6 Å². The maximum absolute atomic E-state index is 12.1. The molecule has 4 heteroatoms. The first kappa shape index (κ1) is 12.7. The minimum absolute atomic E-state index is 0.00990. The summed E-state index contributed by atoms with van der Waals surface area (Å²) in [4.78, 5) is 12.1. The number of ether oxygens (including phenoxy) is 1. The van der Waals surface area contributed by atoms with Crippen LogP contribution in [0.5, 0.6) is 11.5 Å². The Morgan fingerprint density at radius 3 is 2.67 bits per heavy atom. The summed E-state index contributed by atoms with van der Waals surface area (Å²) in [5, 5.41) is 12.7. The van der Waals surface area contributed by atoms with Gasteiger partial charge in [-0.25, -0.2) is 0 Å². The van der Waals surface area contributed by atoms with Crippen LogP contribution in [-0.2, 0) is 0 Å². The first-order valence-corrected chi connectivity index (χ1v) is 6.30. The van der Waals surface area contributed by atoms with Crippen molar-refractivity contribution >= 4 is 5.91 Å². The van der Waals surface area contributed by atoms with Gasteiger partial charge < -0.3 is 15.2 Å². The lowest BCUT2D eigenvalue weighted by Crippen LogP contribution is -2.52. The zero-order valence-corrected chi connectivity index (χ0v) is 10.8. The Bertz CT molecular complexity index is 447. The van der Waals surface area contributed by atoms with Crippen molar-refractivity contribution in [3.05, 3.63) is 23.8 Å². The number of aromatic hydroxyl groups is 1. The lowest BCUT2D eigenvalue weighted by atomic mass is 9.74. The van der Waals surface area contributed by atoms with Gasteiger partial charge in [-0.15, -0.1) is 0 Å². The molecule has 0 radical (unpaired) electrons. The standard InChI is InChI=1S/C14H19NO3/c1-3-14(7-4-8-14)15-13(17)10-5-6-12(18-2)11(16)9-10/h5-6,9,16H,3-4,7-8H2,1-2H3,(H,15,17). The Labute approximate surface area is 107 Å². The molecule has 1 fully saturated rings. The van der Waals surface area contributed by atoms with Gasteiger partial charge in [-0.2, -0.15) is 0 Å². The molecule has 0 heterocycles. The summed E-state index contributed by atoms with van der Waals surface area (Å²) in [6.07, 6.45) is 4.19. The molecule has 98 valence electrons. The number of phenols is 1. The summed E-state index contributed by atoms with van der Waals surface area (Å²) >= 11 is 0. The van der Waals surface area contributed by atoms with E-state index in [1.54, 1.807) is 12.1 Å². The lowest BCUT2D eigenvalue weighted by Gasteiger charge is -2.42. The highest BCUT2D eigenvalue weighted by molar-refractivity contribution is 5.95. The van der Waals surface area contributed by atoms with Crippen molar-refractivity contribution in [2.24, 2.45) is 0 Å². The summed E-state index contributed by atoms with van der Waals surface area (Å²) in [5.74, 6) is 0.235. The zero-order valence-electron chi connectivity index (χ0n) is 10.8. The third kappa shape index (κ3) is 2.28. The van der Waals surface area contributed by atoms with Gasteiger partial charge in [0.05, 0.1) is 7.11 Å². The maximum atomic E-state index is 12.1. The van der Waals surface area contributed by atoms with Crippen LogP contribution in [0.2, 0.25) is 0 Å². The Kier molecular flexibility index (Phi) is 3.45. The molecule has 0 bridgehead atoms. The molecule has 1 aliphatic carbocycles. The molecule has 0 saturated heterocycles. The fourth-order valence-electron chi connectivity index (χ4n) is 2.31. The fraction of sp³-hybridized carbons (Fsp3) is 0.500. The van der Waals surface area contributed by atoms with Crippen LogP contribution in [0.4, 0.5) is 0 Å². The average Bonchev–Trinajstić information content (AvgIpc) is 2.33. The van der Waals surface area contributed by atoms with E-state index in [0.717, 1.165) is 19.3 Å². The molecule has 1 amide bonds. The molecular formula is C14H19NO3. The molecule has 0 aromatic heterocycles. The second kappa shape index (κ2) is 4.88. The van der Waals surface area contributed by atoms with Crippen molar-refractivity contribution in [1.82, 2.24) is 5.32 Å². The van der Waals surface area contributed by atoms with Gasteiger partial charge in [0.25, 0.3) is 5.91 Å². The van der Waals surface area contributed by atoms with E-state index in [1.165, 1.54) is 19.6 Å². The van der Waals surface area contributed by atoms with Crippen molar-refractivity contribution in [3.8, 4) is 11.5 Å². The summed E-state index contributed by atoms with van der Waals surface area (Å²) in [7, 11) is 1.48. The SMILES string of the molecule is CCC1(NC(=O)c2ccc(OC)c(O)c2)CCC1. The van der Waals surface area contributed by atoms with E-state index < -0.39 is 0 Å². The molecule has 2 N–H and O–H groups in total.